The standard InChI is InChI=1S/C26H30N2O5/c1-17(14-24(29)28-13-7-6-8-18(28)15-25(30)31)27-26(32)33-16-23-21-11-4-2-9-19(21)20-10-3-5-12-22(20)23/h2-5,9-12,17-18,23H,6-8,13-16H2,1H3,(H,27,32)(H,30,31)/t17-,18?/m1/s1. The maximum absolute atomic E-state index is 12.8. The second-order valence-electron chi connectivity index (χ2n) is 8.91. The molecule has 0 spiro atoms. The van der Waals surface area contributed by atoms with Gasteiger partial charge in [0.25, 0.3) is 0 Å². The third-order valence-corrected chi connectivity index (χ3v) is 6.55. The lowest BCUT2D eigenvalue weighted by atomic mass is 9.98. The zero-order chi connectivity index (χ0) is 23.4. The van der Waals surface area contributed by atoms with Gasteiger partial charge < -0.3 is 20.1 Å². The highest BCUT2D eigenvalue weighted by atomic mass is 16.5. The van der Waals surface area contributed by atoms with Crippen molar-refractivity contribution in [2.45, 2.75) is 57.0 Å². The van der Waals surface area contributed by atoms with Crippen LogP contribution in [0.3, 0.4) is 0 Å². The Kier molecular flexibility index (Phi) is 6.96. The molecule has 1 unspecified atom stereocenters. The first-order chi connectivity index (χ1) is 15.9. The normalized spacial score (nSPS) is 18.2. The van der Waals surface area contributed by atoms with Crippen LogP contribution in [0.4, 0.5) is 4.79 Å². The van der Waals surface area contributed by atoms with E-state index in [0.29, 0.717) is 13.0 Å². The van der Waals surface area contributed by atoms with Crippen LogP contribution in [-0.2, 0) is 14.3 Å². The third kappa shape index (κ3) is 5.18. The van der Waals surface area contributed by atoms with Crippen molar-refractivity contribution in [3.63, 3.8) is 0 Å². The molecule has 2 amide bonds. The molecule has 2 aliphatic rings. The molecule has 2 atom stereocenters. The average Bonchev–Trinajstić information content (AvgIpc) is 3.11. The Morgan fingerprint density at radius 1 is 1.06 bits per heavy atom. The number of benzene rings is 2. The van der Waals surface area contributed by atoms with Crippen molar-refractivity contribution >= 4 is 18.0 Å². The van der Waals surface area contributed by atoms with Crippen molar-refractivity contribution in [3.8, 4) is 11.1 Å². The number of nitrogens with zero attached hydrogens (tertiary/aromatic N) is 1. The number of carbonyl (C=O) groups excluding carboxylic acids is 2. The fourth-order valence-electron chi connectivity index (χ4n) is 5.01. The highest BCUT2D eigenvalue weighted by Gasteiger charge is 2.31. The molecule has 1 heterocycles. The van der Waals surface area contributed by atoms with Crippen LogP contribution >= 0.6 is 0 Å². The number of likely N-dealkylation sites (tertiary alicyclic amines) is 1. The fraction of sp³-hybridized carbons (Fsp3) is 0.423. The van der Waals surface area contributed by atoms with Gasteiger partial charge in [0.1, 0.15) is 6.61 Å². The molecule has 0 radical (unpaired) electrons. The number of carbonyl (C=O) groups is 3. The monoisotopic (exact) mass is 450 g/mol. The highest BCUT2D eigenvalue weighted by Crippen LogP contribution is 2.44. The predicted octanol–water partition coefficient (Wildman–Crippen LogP) is 4.16. The zero-order valence-corrected chi connectivity index (χ0v) is 18.8. The Morgan fingerprint density at radius 3 is 2.33 bits per heavy atom. The molecular formula is C26H30N2O5. The van der Waals surface area contributed by atoms with E-state index < -0.39 is 18.1 Å². The molecule has 7 nitrogen and oxygen atoms in total. The fourth-order valence-corrected chi connectivity index (χ4v) is 5.01. The second-order valence-corrected chi connectivity index (χ2v) is 8.91. The lowest BCUT2D eigenvalue weighted by Crippen LogP contribution is -2.47. The van der Waals surface area contributed by atoms with E-state index in [9.17, 15) is 14.4 Å². The number of fused-ring (bicyclic) bond motifs is 3. The molecule has 0 aromatic heterocycles. The van der Waals surface area contributed by atoms with Crippen molar-refractivity contribution < 1.29 is 24.2 Å². The minimum atomic E-state index is -0.899. The van der Waals surface area contributed by atoms with Gasteiger partial charge in [-0.1, -0.05) is 48.5 Å². The summed E-state index contributed by atoms with van der Waals surface area (Å²) in [5, 5.41) is 11.9. The van der Waals surface area contributed by atoms with E-state index in [1.807, 2.05) is 24.3 Å². The number of hydrogen-bond donors (Lipinski definition) is 2. The maximum atomic E-state index is 12.8. The summed E-state index contributed by atoms with van der Waals surface area (Å²) in [7, 11) is 0. The summed E-state index contributed by atoms with van der Waals surface area (Å²) in [5.41, 5.74) is 4.62. The van der Waals surface area contributed by atoms with Crippen molar-refractivity contribution in [1.29, 1.82) is 0 Å². The number of amides is 2. The Hall–Kier alpha value is -3.35. The van der Waals surface area contributed by atoms with Gasteiger partial charge in [0.15, 0.2) is 0 Å². The van der Waals surface area contributed by atoms with E-state index in [0.717, 1.165) is 24.0 Å². The van der Waals surface area contributed by atoms with Crippen molar-refractivity contribution in [3.05, 3.63) is 59.7 Å². The predicted molar refractivity (Wildman–Crippen MR) is 124 cm³/mol. The quantitative estimate of drug-likeness (QED) is 0.660. The van der Waals surface area contributed by atoms with Gasteiger partial charge in [0, 0.05) is 31.0 Å². The Labute approximate surface area is 193 Å². The average molecular weight is 451 g/mol. The van der Waals surface area contributed by atoms with Crippen LogP contribution in [0.5, 0.6) is 0 Å². The molecule has 7 heteroatoms. The molecule has 2 aromatic carbocycles. The number of carboxylic acid groups (broad SMARTS) is 1. The van der Waals surface area contributed by atoms with E-state index in [-0.39, 0.29) is 37.3 Å². The number of rotatable bonds is 7. The molecule has 1 saturated heterocycles. The maximum Gasteiger partial charge on any atom is 0.407 e. The summed E-state index contributed by atoms with van der Waals surface area (Å²) in [6, 6.07) is 15.6. The number of alkyl carbamates (subject to hydrolysis) is 1. The first kappa shape index (κ1) is 22.8. The number of piperidine rings is 1. The minimum Gasteiger partial charge on any atom is -0.481 e. The molecule has 4 rings (SSSR count). The Balaban J connectivity index is 1.31. The van der Waals surface area contributed by atoms with E-state index in [4.69, 9.17) is 9.84 Å². The van der Waals surface area contributed by atoms with Gasteiger partial charge in [0.2, 0.25) is 5.91 Å². The van der Waals surface area contributed by atoms with E-state index in [2.05, 4.69) is 29.6 Å². The topological polar surface area (TPSA) is 95.9 Å². The summed E-state index contributed by atoms with van der Waals surface area (Å²) in [6.45, 7) is 2.54. The van der Waals surface area contributed by atoms with Crippen LogP contribution in [-0.4, -0.2) is 53.2 Å². The minimum absolute atomic E-state index is 0.0229. The van der Waals surface area contributed by atoms with E-state index in [1.165, 1.54) is 11.1 Å². The Morgan fingerprint density at radius 2 is 1.70 bits per heavy atom. The van der Waals surface area contributed by atoms with E-state index >= 15 is 0 Å². The summed E-state index contributed by atoms with van der Waals surface area (Å²) in [6.07, 6.45) is 2.01. The Bertz CT molecular complexity index is 991. The number of hydrogen-bond acceptors (Lipinski definition) is 4. The molecular weight excluding hydrogens is 420 g/mol. The summed E-state index contributed by atoms with van der Waals surface area (Å²) in [4.78, 5) is 38.0. The molecule has 0 bridgehead atoms. The molecule has 2 aromatic rings. The zero-order valence-electron chi connectivity index (χ0n) is 18.8. The molecule has 1 fully saturated rings. The van der Waals surface area contributed by atoms with Gasteiger partial charge in [-0.05, 0) is 48.4 Å². The van der Waals surface area contributed by atoms with Gasteiger partial charge in [-0.3, -0.25) is 9.59 Å². The number of nitrogens with one attached hydrogen (secondary N) is 1. The van der Waals surface area contributed by atoms with Gasteiger partial charge in [-0.2, -0.15) is 0 Å². The SMILES string of the molecule is C[C@H](CC(=O)N1CCCCC1CC(=O)O)NC(=O)OCC1c2ccccc2-c2ccccc21. The van der Waals surface area contributed by atoms with E-state index in [1.54, 1.807) is 11.8 Å². The lowest BCUT2D eigenvalue weighted by molar-refractivity contribution is -0.142. The molecule has 1 aliphatic carbocycles. The van der Waals surface area contributed by atoms with Crippen LogP contribution in [0, 0.1) is 0 Å². The second kappa shape index (κ2) is 10.1. The van der Waals surface area contributed by atoms with Gasteiger partial charge in [0.05, 0.1) is 6.42 Å². The van der Waals surface area contributed by atoms with Gasteiger partial charge in [-0.25, -0.2) is 4.79 Å². The largest absolute Gasteiger partial charge is 0.481 e. The smallest absolute Gasteiger partial charge is 0.407 e. The number of aliphatic carboxylic acids is 1. The van der Waals surface area contributed by atoms with Crippen molar-refractivity contribution in [2.24, 2.45) is 0 Å². The first-order valence-electron chi connectivity index (χ1n) is 11.6. The molecule has 33 heavy (non-hydrogen) atoms. The van der Waals surface area contributed by atoms with Crippen LogP contribution in [0.25, 0.3) is 11.1 Å². The molecule has 174 valence electrons. The van der Waals surface area contributed by atoms with Crippen molar-refractivity contribution in [2.75, 3.05) is 13.2 Å². The summed E-state index contributed by atoms with van der Waals surface area (Å²) >= 11 is 0. The van der Waals surface area contributed by atoms with Crippen LogP contribution in [0.1, 0.15) is 56.1 Å². The first-order valence-corrected chi connectivity index (χ1v) is 11.6. The molecule has 0 saturated carbocycles. The van der Waals surface area contributed by atoms with Gasteiger partial charge >= 0.3 is 12.1 Å². The third-order valence-electron chi connectivity index (χ3n) is 6.55. The summed E-state index contributed by atoms with van der Waals surface area (Å²) in [5.74, 6) is -1.05. The van der Waals surface area contributed by atoms with Crippen molar-refractivity contribution in [1.82, 2.24) is 10.2 Å². The number of carboxylic acids is 1. The number of ether oxygens (including phenoxy) is 1. The van der Waals surface area contributed by atoms with Gasteiger partial charge in [-0.15, -0.1) is 0 Å². The molecule has 2 N–H and O–H groups in total. The molecule has 1 aliphatic heterocycles. The highest BCUT2D eigenvalue weighted by molar-refractivity contribution is 5.80. The lowest BCUT2D eigenvalue weighted by Gasteiger charge is -2.35. The van der Waals surface area contributed by atoms with Crippen LogP contribution in [0.2, 0.25) is 0 Å². The van der Waals surface area contributed by atoms with Crippen LogP contribution in [0.15, 0.2) is 48.5 Å². The van der Waals surface area contributed by atoms with Crippen LogP contribution < -0.4 is 5.32 Å². The summed E-state index contributed by atoms with van der Waals surface area (Å²) < 4.78 is 5.56.